The van der Waals surface area contributed by atoms with Gasteiger partial charge in [-0.15, -0.1) is 0 Å². The highest BCUT2D eigenvalue weighted by atomic mass is 28.3. The summed E-state index contributed by atoms with van der Waals surface area (Å²) in [7, 11) is -1.27. The number of imidazole rings is 1. The lowest BCUT2D eigenvalue weighted by Crippen LogP contribution is -2.22. The highest BCUT2D eigenvalue weighted by molar-refractivity contribution is 6.76. The molecule has 1 aliphatic heterocycles. The molecule has 0 spiro atoms. The van der Waals surface area contributed by atoms with Crippen molar-refractivity contribution in [3.8, 4) is 23.0 Å². The van der Waals surface area contributed by atoms with Gasteiger partial charge in [-0.25, -0.2) is 4.98 Å². The predicted octanol–water partition coefficient (Wildman–Crippen LogP) is 6.44. The summed E-state index contributed by atoms with van der Waals surface area (Å²) < 4.78 is 14.3. The van der Waals surface area contributed by atoms with E-state index in [1.165, 1.54) is 6.07 Å². The smallest absolute Gasteiger partial charge is 0.349 e. The molecule has 0 radical (unpaired) electrons. The van der Waals surface area contributed by atoms with E-state index < -0.39 is 29.3 Å². The Hall–Kier alpha value is -4.20. The zero-order chi connectivity index (χ0) is 29.1. The molecule has 1 saturated heterocycles. The molecule has 3 heterocycles. The van der Waals surface area contributed by atoms with E-state index in [4.69, 9.17) is 14.5 Å². The molecule has 1 N–H and O–H groups in total. The number of fused-ring (bicyclic) bond motifs is 1. The summed E-state index contributed by atoms with van der Waals surface area (Å²) in [5.74, 6) is 1.25. The molecule has 1 fully saturated rings. The van der Waals surface area contributed by atoms with Crippen LogP contribution in [0.3, 0.4) is 0 Å². The van der Waals surface area contributed by atoms with Gasteiger partial charge in [0.05, 0.1) is 26.9 Å². The van der Waals surface area contributed by atoms with Gasteiger partial charge in [0.25, 0.3) is 0 Å². The van der Waals surface area contributed by atoms with Crippen molar-refractivity contribution in [3.63, 3.8) is 0 Å². The maximum Gasteiger partial charge on any atom is 0.349 e. The minimum Gasteiger partial charge on any atom is -0.457 e. The molecule has 2 aromatic carbocycles. The van der Waals surface area contributed by atoms with Crippen molar-refractivity contribution in [2.75, 3.05) is 13.2 Å². The Balaban J connectivity index is 1.59. The number of hydrogen-bond donors (Lipinski definition) is 1. The fourth-order valence-electron chi connectivity index (χ4n) is 4.83. The van der Waals surface area contributed by atoms with Crippen LogP contribution in [0.15, 0.2) is 54.7 Å². The molecule has 4 aromatic rings. The molecular weight excluding hydrogens is 544 g/mol. The van der Waals surface area contributed by atoms with Crippen molar-refractivity contribution in [1.82, 2.24) is 19.9 Å². The van der Waals surface area contributed by atoms with E-state index in [-0.39, 0.29) is 11.8 Å². The number of pyridine rings is 1. The number of nitrogens with one attached hydrogen (secondary N) is 1. The number of nitro benzene ring substituents is 2. The van der Waals surface area contributed by atoms with Crippen molar-refractivity contribution in [2.45, 2.75) is 51.3 Å². The van der Waals surface area contributed by atoms with E-state index in [2.05, 4.69) is 29.9 Å². The number of nitrogens with zero attached hydrogens (tertiary/aromatic N) is 5. The molecule has 1 atom stereocenters. The standard InChI is InChI=1S/C28H32N6O6Si/c1-41(2,3)14-13-39-18-32-25-16-20(21-8-6-12-29-21)27(17-23(25)31-28(32)22-7-4-5-11-30-22)40-19-9-10-24(33(35)36)26(15-19)34(37)38/h4-5,7,9-11,15-17,21,29H,6,8,12-14,18H2,1-3H3. The highest BCUT2D eigenvalue weighted by Crippen LogP contribution is 2.40. The second-order valence-corrected chi connectivity index (χ2v) is 16.8. The lowest BCUT2D eigenvalue weighted by Gasteiger charge is -2.18. The van der Waals surface area contributed by atoms with Gasteiger partial charge in [-0.2, -0.15) is 0 Å². The summed E-state index contributed by atoms with van der Waals surface area (Å²) in [6, 6.07) is 14.0. The Morgan fingerprint density at radius 2 is 1.88 bits per heavy atom. The second-order valence-electron chi connectivity index (χ2n) is 11.2. The lowest BCUT2D eigenvalue weighted by molar-refractivity contribution is -0.422. The van der Waals surface area contributed by atoms with Crippen LogP contribution in [0.1, 0.15) is 24.4 Å². The fraction of sp³-hybridized carbons (Fsp3) is 0.357. The van der Waals surface area contributed by atoms with Gasteiger partial charge in [-0.05, 0) is 49.7 Å². The third-order valence-corrected chi connectivity index (χ3v) is 8.70. The Morgan fingerprint density at radius 3 is 2.54 bits per heavy atom. The zero-order valence-electron chi connectivity index (χ0n) is 23.2. The summed E-state index contributed by atoms with van der Waals surface area (Å²) in [5, 5.41) is 26.3. The predicted molar refractivity (Wildman–Crippen MR) is 157 cm³/mol. The number of nitro groups is 2. The molecule has 0 amide bonds. The van der Waals surface area contributed by atoms with Crippen molar-refractivity contribution >= 4 is 30.5 Å². The summed E-state index contributed by atoms with van der Waals surface area (Å²) in [6.45, 7) is 8.73. The Morgan fingerprint density at radius 1 is 1.07 bits per heavy atom. The van der Waals surface area contributed by atoms with E-state index in [1.54, 1.807) is 6.20 Å². The number of rotatable bonds is 11. The molecule has 5 rings (SSSR count). The van der Waals surface area contributed by atoms with Gasteiger partial charge in [0, 0.05) is 44.6 Å². The van der Waals surface area contributed by atoms with Gasteiger partial charge >= 0.3 is 11.4 Å². The van der Waals surface area contributed by atoms with Crippen LogP contribution in [0.5, 0.6) is 11.5 Å². The van der Waals surface area contributed by atoms with Crippen molar-refractivity contribution in [1.29, 1.82) is 0 Å². The molecule has 13 heteroatoms. The number of ether oxygens (including phenoxy) is 2. The summed E-state index contributed by atoms with van der Waals surface area (Å²) in [6.07, 6.45) is 3.59. The zero-order valence-corrected chi connectivity index (χ0v) is 24.2. The van der Waals surface area contributed by atoms with Crippen molar-refractivity contribution < 1.29 is 19.3 Å². The first kappa shape index (κ1) is 28.3. The molecule has 214 valence electrons. The number of benzene rings is 2. The Labute approximate surface area is 237 Å². The average molecular weight is 577 g/mol. The molecule has 1 aliphatic rings. The quantitative estimate of drug-likeness (QED) is 0.0921. The molecule has 2 aromatic heterocycles. The third kappa shape index (κ3) is 6.42. The molecule has 41 heavy (non-hydrogen) atoms. The largest absolute Gasteiger partial charge is 0.457 e. The summed E-state index contributed by atoms with van der Waals surface area (Å²) in [5.41, 5.74) is 1.84. The Kier molecular flexibility index (Phi) is 8.10. The van der Waals surface area contributed by atoms with E-state index in [0.29, 0.717) is 36.1 Å². The van der Waals surface area contributed by atoms with E-state index in [9.17, 15) is 20.2 Å². The average Bonchev–Trinajstić information content (AvgIpc) is 3.59. The third-order valence-electron chi connectivity index (χ3n) is 6.99. The minimum atomic E-state index is -1.27. The van der Waals surface area contributed by atoms with E-state index >= 15 is 0 Å². The van der Waals surface area contributed by atoms with Gasteiger partial charge in [0.2, 0.25) is 0 Å². The SMILES string of the molecule is C[Si](C)(C)CCOCn1c(-c2ccccn2)nc2cc(Oc3ccc([N+](=O)[O-])c([N+](=O)[O-])c3)c(C3CCCN3)cc21. The van der Waals surface area contributed by atoms with Gasteiger partial charge in [0.1, 0.15) is 23.9 Å². The molecular formula is C28H32N6O6Si. The van der Waals surface area contributed by atoms with Gasteiger partial charge in [-0.3, -0.25) is 29.8 Å². The lowest BCUT2D eigenvalue weighted by atomic mass is 10.0. The van der Waals surface area contributed by atoms with Crippen LogP contribution >= 0.6 is 0 Å². The van der Waals surface area contributed by atoms with Crippen LogP contribution in [-0.2, 0) is 11.5 Å². The van der Waals surface area contributed by atoms with Crippen LogP contribution in [0.2, 0.25) is 25.7 Å². The molecule has 12 nitrogen and oxygen atoms in total. The topological polar surface area (TPSA) is 147 Å². The van der Waals surface area contributed by atoms with Gasteiger partial charge in [-0.1, -0.05) is 25.7 Å². The minimum absolute atomic E-state index is 0.00288. The summed E-state index contributed by atoms with van der Waals surface area (Å²) in [4.78, 5) is 30.7. The van der Waals surface area contributed by atoms with Crippen LogP contribution < -0.4 is 10.1 Å². The molecule has 0 saturated carbocycles. The maximum atomic E-state index is 11.5. The first-order valence-electron chi connectivity index (χ1n) is 13.5. The van der Waals surface area contributed by atoms with Crippen LogP contribution in [0.25, 0.3) is 22.6 Å². The normalized spacial score (nSPS) is 15.3. The first-order valence-corrected chi connectivity index (χ1v) is 17.2. The second kappa shape index (κ2) is 11.7. The fourth-order valence-corrected chi connectivity index (χ4v) is 5.59. The van der Waals surface area contributed by atoms with E-state index in [1.807, 2.05) is 34.9 Å². The Bertz CT molecular complexity index is 1580. The number of aromatic nitrogens is 3. The van der Waals surface area contributed by atoms with Gasteiger partial charge in [0.15, 0.2) is 5.82 Å². The van der Waals surface area contributed by atoms with Crippen molar-refractivity contribution in [2.24, 2.45) is 0 Å². The van der Waals surface area contributed by atoms with Crippen molar-refractivity contribution in [3.05, 3.63) is 80.5 Å². The first-order chi connectivity index (χ1) is 19.6. The van der Waals surface area contributed by atoms with Crippen LogP contribution in [0.4, 0.5) is 11.4 Å². The van der Waals surface area contributed by atoms with Crippen LogP contribution in [-0.4, -0.2) is 45.6 Å². The highest BCUT2D eigenvalue weighted by Gasteiger charge is 2.27. The van der Waals surface area contributed by atoms with E-state index in [0.717, 1.165) is 48.6 Å². The molecule has 1 unspecified atom stereocenters. The molecule has 0 bridgehead atoms. The maximum absolute atomic E-state index is 11.5. The van der Waals surface area contributed by atoms with Crippen LogP contribution in [0, 0.1) is 20.2 Å². The molecule has 0 aliphatic carbocycles. The monoisotopic (exact) mass is 576 g/mol. The number of hydrogen-bond acceptors (Lipinski definition) is 9. The summed E-state index contributed by atoms with van der Waals surface area (Å²) >= 11 is 0. The van der Waals surface area contributed by atoms with Gasteiger partial charge < -0.3 is 14.8 Å².